The third kappa shape index (κ3) is 4.91. The third-order valence-electron chi connectivity index (χ3n) is 9.39. The van der Waals surface area contributed by atoms with Gasteiger partial charge in [0.05, 0.1) is 0 Å². The van der Waals surface area contributed by atoms with E-state index in [9.17, 15) is 9.90 Å². The molecule has 252 valence electrons. The van der Waals surface area contributed by atoms with E-state index in [2.05, 4.69) is 26.3 Å². The Morgan fingerprint density at radius 1 is 0.755 bits per heavy atom. The van der Waals surface area contributed by atoms with Crippen LogP contribution in [0.2, 0.25) is 0 Å². The van der Waals surface area contributed by atoms with Crippen LogP contribution in [0.4, 0.5) is 5.82 Å². The molecule has 0 aliphatic carbocycles. The van der Waals surface area contributed by atoms with Gasteiger partial charge in [0.25, 0.3) is 0 Å². The van der Waals surface area contributed by atoms with Crippen molar-refractivity contribution in [3.05, 3.63) is 167 Å². The molecule has 1 atom stereocenters. The number of carboxylic acids is 1. The zero-order valence-electron chi connectivity index (χ0n) is 28.0. The molecule has 12 heteroatoms. The Kier molecular flexibility index (Phi) is 7.55. The molecule has 0 amide bonds. The van der Waals surface area contributed by atoms with E-state index >= 15 is 0 Å². The van der Waals surface area contributed by atoms with Gasteiger partial charge in [0.15, 0.2) is 0 Å². The zero-order valence-corrected chi connectivity index (χ0v) is 32.5. The average Bonchev–Trinajstić information content (AvgIpc) is 3.90. The number of amidine groups is 3. The van der Waals surface area contributed by atoms with Crippen LogP contribution < -0.4 is 20.4 Å². The number of rotatable bonds is 5. The second kappa shape index (κ2) is 12.3. The van der Waals surface area contributed by atoms with Crippen molar-refractivity contribution < 1.29 is 19.4 Å². The van der Waals surface area contributed by atoms with E-state index < -0.39 is 12.2 Å². The number of carbonyl (C=O) groups is 1. The Hall–Kier alpha value is -6.48. The summed E-state index contributed by atoms with van der Waals surface area (Å²) in [6.07, 6.45) is 7.89. The number of hydrogen-bond acceptors (Lipinski definition) is 8. The molecule has 0 saturated carbocycles. The van der Waals surface area contributed by atoms with Crippen LogP contribution in [0, 0.1) is 0 Å². The van der Waals surface area contributed by atoms with Crippen molar-refractivity contribution in [3.8, 4) is 11.5 Å². The van der Waals surface area contributed by atoms with Crippen LogP contribution in [-0.4, -0.2) is 61.6 Å². The van der Waals surface area contributed by atoms with Crippen LogP contribution in [0.5, 0.6) is 11.5 Å². The molecule has 53 heavy (non-hydrogen) atoms. The van der Waals surface area contributed by atoms with Crippen LogP contribution in [-0.2, 0) is 0 Å². The number of hydrogen-bond donors (Lipinski definition) is 1. The fourth-order valence-electron chi connectivity index (χ4n) is 6.92. The Labute approximate surface area is 318 Å². The summed E-state index contributed by atoms with van der Waals surface area (Å²) in [4.78, 5) is 37.6. The van der Waals surface area contributed by atoms with E-state index in [0.717, 1.165) is 33.0 Å². The van der Waals surface area contributed by atoms with Gasteiger partial charge < -0.3 is 5.11 Å². The molecule has 1 unspecified atom stereocenters. The SMILES string of the molecule is C=CC1=C(C=C)/C2=N/c3c4ccccc4cn3C3Oc4ccc(C(=O)O)cc4O/C3=C3/N=C(N=c4c(C=C)c(C=C)c([n]4[Tl])=NC1=N2)c1ccccc13. The molecule has 4 aliphatic heterocycles. The van der Waals surface area contributed by atoms with Crippen molar-refractivity contribution in [2.75, 3.05) is 0 Å². The van der Waals surface area contributed by atoms with E-state index in [1.165, 1.54) is 12.1 Å². The summed E-state index contributed by atoms with van der Waals surface area (Å²) in [6, 6.07) is 20.1. The molecule has 0 radical (unpaired) electrons. The molecule has 6 heterocycles. The quantitative estimate of drug-likeness (QED) is 0.202. The second-order valence-corrected chi connectivity index (χ2v) is 14.3. The van der Waals surface area contributed by atoms with Crippen LogP contribution in [0.3, 0.4) is 0 Å². The van der Waals surface area contributed by atoms with Crippen molar-refractivity contribution in [2.45, 2.75) is 6.23 Å². The fourth-order valence-corrected chi connectivity index (χ4v) is 8.45. The summed E-state index contributed by atoms with van der Waals surface area (Å²) in [5, 5.41) is 11.6. The molecule has 6 bridgehead atoms. The van der Waals surface area contributed by atoms with Crippen molar-refractivity contribution >= 4 is 84.0 Å². The summed E-state index contributed by atoms with van der Waals surface area (Å²) in [6.45, 7) is 16.4. The van der Waals surface area contributed by atoms with Crippen molar-refractivity contribution in [1.82, 2.24) is 6.94 Å². The normalized spacial score (nSPS) is 19.0. The number of fused-ring (bicyclic) bond motifs is 13. The van der Waals surface area contributed by atoms with E-state index in [4.69, 9.17) is 34.4 Å². The van der Waals surface area contributed by atoms with Gasteiger partial charge in [-0.05, 0) is 0 Å². The maximum absolute atomic E-state index is 12.0. The number of carboxylic acid groups (broad SMARTS) is 1. The topological polar surface area (TPSA) is 127 Å². The predicted molar refractivity (Wildman–Crippen MR) is 206 cm³/mol. The van der Waals surface area contributed by atoms with Crippen LogP contribution in [0.15, 0.2) is 153 Å². The Balaban J connectivity index is 1.46. The molecule has 1 N–H and O–H groups in total. The Bertz CT molecular complexity index is 2870. The first kappa shape index (κ1) is 32.4. The van der Waals surface area contributed by atoms with Crippen molar-refractivity contribution in [3.63, 3.8) is 0 Å². The molecule has 0 saturated heterocycles. The molecule has 3 aromatic carbocycles. The Morgan fingerprint density at radius 2 is 1.42 bits per heavy atom. The van der Waals surface area contributed by atoms with Gasteiger partial charge >= 0.3 is 310 Å². The van der Waals surface area contributed by atoms with E-state index in [-0.39, 0.29) is 37.4 Å². The van der Waals surface area contributed by atoms with Gasteiger partial charge in [-0.2, -0.15) is 0 Å². The van der Waals surface area contributed by atoms with Gasteiger partial charge in [-0.25, -0.2) is 4.79 Å². The number of aromatic nitrogens is 2. The first-order chi connectivity index (χ1) is 25.8. The average molecular weight is 885 g/mol. The molecule has 0 fully saturated rings. The first-order valence-corrected chi connectivity index (χ1v) is 18.5. The van der Waals surface area contributed by atoms with E-state index in [1.54, 1.807) is 30.4 Å². The van der Waals surface area contributed by atoms with Crippen molar-refractivity contribution in [2.24, 2.45) is 25.0 Å². The minimum absolute atomic E-state index is 0.0518. The molecular weight excluding hydrogens is 859 g/mol. The maximum atomic E-state index is 12.0. The van der Waals surface area contributed by atoms with Gasteiger partial charge in [-0.15, -0.1) is 0 Å². The van der Waals surface area contributed by atoms with Gasteiger partial charge in [0, 0.05) is 0 Å². The number of aliphatic imine (C=N–C) groups is 3. The van der Waals surface area contributed by atoms with Gasteiger partial charge in [0.1, 0.15) is 0 Å². The monoisotopic (exact) mass is 885 g/mol. The zero-order chi connectivity index (χ0) is 36.5. The fraction of sp³-hybridized carbons (Fsp3) is 0.0244. The summed E-state index contributed by atoms with van der Waals surface area (Å²) in [5.41, 5.74) is 6.16. The third-order valence-corrected chi connectivity index (χ3v) is 11.3. The molecule has 0 spiro atoms. The molecule has 9 rings (SSSR count). The van der Waals surface area contributed by atoms with Crippen molar-refractivity contribution in [1.29, 1.82) is 0 Å². The standard InChI is InChI=1S/C41H27N7O4.Tl/c1-5-23-24(6-2)36-44-34(23)43-35-25(7-3)26(8-4)37(45-35)47-39-27-14-10-9-13-22(27)20-48(39)40-33(32-28-15-11-12-16-29(28)38(42-32)46-36)51-31-19-21(41(49)50)17-18-30(31)52-40;/h5-20,40H,1-4H2,(H2,42,43,44,45,46,47,49,50);/q;+1/p-1/b33-32+;. The predicted octanol–water partition coefficient (Wildman–Crippen LogP) is 6.52. The molecule has 4 aliphatic rings. The second-order valence-electron chi connectivity index (χ2n) is 12.3. The van der Waals surface area contributed by atoms with Gasteiger partial charge in [-0.3, -0.25) is 0 Å². The number of aromatic carboxylic acids is 1. The molecule has 2 aromatic heterocycles. The molecular formula is C41H26N7O4Tl. The first-order valence-electron chi connectivity index (χ1n) is 16.5. The summed E-state index contributed by atoms with van der Waals surface area (Å²) < 4.78 is 17.4. The number of nitrogens with zero attached hydrogens (tertiary/aromatic N) is 7. The van der Waals surface area contributed by atoms with Gasteiger partial charge in [0.2, 0.25) is 0 Å². The van der Waals surface area contributed by atoms with Crippen LogP contribution in [0.1, 0.15) is 38.8 Å². The van der Waals surface area contributed by atoms with E-state index in [0.29, 0.717) is 62.7 Å². The molecule has 11 nitrogen and oxygen atoms in total. The van der Waals surface area contributed by atoms with Crippen LogP contribution >= 0.6 is 0 Å². The molecule has 5 aromatic rings. The number of benzene rings is 3. The number of ether oxygens (including phenoxy) is 2. The minimum atomic E-state index is -1.09. The summed E-state index contributed by atoms with van der Waals surface area (Å²) >= 11 is 0.220. The Morgan fingerprint density at radius 3 is 2.11 bits per heavy atom. The van der Waals surface area contributed by atoms with Gasteiger partial charge in [-0.1, -0.05) is 0 Å². The van der Waals surface area contributed by atoms with Crippen LogP contribution in [0.25, 0.3) is 28.6 Å². The summed E-state index contributed by atoms with van der Waals surface area (Å²) in [5.74, 6) is 1.60. The summed E-state index contributed by atoms with van der Waals surface area (Å²) in [7, 11) is 0. The van der Waals surface area contributed by atoms with E-state index in [1.807, 2.05) is 61.7 Å².